The van der Waals surface area contributed by atoms with Crippen LogP contribution < -0.4 is 14.8 Å². The van der Waals surface area contributed by atoms with Crippen LogP contribution in [0.25, 0.3) is 6.08 Å². The average Bonchev–Trinajstić information content (AvgIpc) is 2.79. The van der Waals surface area contributed by atoms with Crippen molar-refractivity contribution in [2.75, 3.05) is 19.0 Å². The Kier molecular flexibility index (Phi) is 7.60. The molecule has 0 radical (unpaired) electrons. The molecule has 32 heavy (non-hydrogen) atoms. The van der Waals surface area contributed by atoms with Gasteiger partial charge in [0.15, 0.2) is 0 Å². The number of amides is 1. The molecule has 3 aromatic rings. The molecule has 3 rings (SSSR count). The number of halogens is 1. The summed E-state index contributed by atoms with van der Waals surface area (Å²) in [6.07, 6.45) is 1.99. The minimum atomic E-state index is -0.514. The van der Waals surface area contributed by atoms with Gasteiger partial charge in [-0.3, -0.25) is 4.79 Å². The lowest BCUT2D eigenvalue weighted by atomic mass is 10.0. The van der Waals surface area contributed by atoms with Crippen LogP contribution in [0.2, 0.25) is 0 Å². The van der Waals surface area contributed by atoms with Crippen molar-refractivity contribution in [3.63, 3.8) is 0 Å². The highest BCUT2D eigenvalue weighted by atomic mass is 19.1. The quantitative estimate of drug-likeness (QED) is 0.385. The fourth-order valence-electron chi connectivity index (χ4n) is 3.18. The zero-order valence-electron chi connectivity index (χ0n) is 17.9. The van der Waals surface area contributed by atoms with Crippen molar-refractivity contribution < 1.29 is 18.7 Å². The third-order valence-electron chi connectivity index (χ3n) is 4.69. The molecule has 6 heteroatoms. The molecule has 0 saturated heterocycles. The summed E-state index contributed by atoms with van der Waals surface area (Å²) in [6, 6.07) is 20.6. The molecule has 0 aliphatic rings. The lowest BCUT2D eigenvalue weighted by Gasteiger charge is -2.10. The van der Waals surface area contributed by atoms with Gasteiger partial charge in [0.25, 0.3) is 5.91 Å². The van der Waals surface area contributed by atoms with Crippen molar-refractivity contribution in [2.45, 2.75) is 13.3 Å². The van der Waals surface area contributed by atoms with Crippen molar-refractivity contribution in [3.8, 4) is 17.6 Å². The Morgan fingerprint density at radius 1 is 1.12 bits per heavy atom. The normalized spacial score (nSPS) is 10.9. The first-order chi connectivity index (χ1) is 15.5. The summed E-state index contributed by atoms with van der Waals surface area (Å²) < 4.78 is 24.3. The summed E-state index contributed by atoms with van der Waals surface area (Å²) in [7, 11) is 1.54. The average molecular weight is 430 g/mol. The third kappa shape index (κ3) is 5.96. The molecule has 0 spiro atoms. The van der Waals surface area contributed by atoms with Gasteiger partial charge in [-0.15, -0.1) is 0 Å². The molecule has 0 bridgehead atoms. The van der Waals surface area contributed by atoms with Crippen molar-refractivity contribution in [1.82, 2.24) is 0 Å². The molecule has 0 aliphatic heterocycles. The first-order valence-corrected chi connectivity index (χ1v) is 10.1. The number of anilines is 1. The number of nitrogens with one attached hydrogen (secondary N) is 1. The number of ether oxygens (including phenoxy) is 2. The predicted octanol–water partition coefficient (Wildman–Crippen LogP) is 5.37. The van der Waals surface area contributed by atoms with Crippen LogP contribution in [0.15, 0.2) is 72.3 Å². The van der Waals surface area contributed by atoms with E-state index in [4.69, 9.17) is 9.47 Å². The van der Waals surface area contributed by atoms with Gasteiger partial charge in [0, 0.05) is 12.1 Å². The second-order valence-electron chi connectivity index (χ2n) is 6.96. The van der Waals surface area contributed by atoms with E-state index in [9.17, 15) is 14.4 Å². The van der Waals surface area contributed by atoms with E-state index in [-0.39, 0.29) is 11.4 Å². The summed E-state index contributed by atoms with van der Waals surface area (Å²) in [5.74, 6) is 0.483. The van der Waals surface area contributed by atoms with Gasteiger partial charge >= 0.3 is 0 Å². The number of hydrogen-bond acceptors (Lipinski definition) is 4. The van der Waals surface area contributed by atoms with Crippen LogP contribution in [0.5, 0.6) is 11.5 Å². The molecule has 0 heterocycles. The van der Waals surface area contributed by atoms with Crippen LogP contribution >= 0.6 is 0 Å². The molecule has 5 nitrogen and oxygen atoms in total. The van der Waals surface area contributed by atoms with Gasteiger partial charge < -0.3 is 14.8 Å². The molecule has 0 saturated carbocycles. The molecule has 3 aromatic carbocycles. The number of rotatable bonds is 8. The maximum absolute atomic E-state index is 13.5. The standard InChI is InChI=1S/C26H23FN2O3/c1-3-32-24-11-9-23(10-12-24)29-26(30)21(17-28)14-19-7-8-20(25(16-19)31-2)13-18-5-4-6-22(27)15-18/h4-12,14-16H,3,13H2,1-2H3,(H,29,30)/b21-14+. The Morgan fingerprint density at radius 3 is 2.56 bits per heavy atom. The molecular formula is C26H23FN2O3. The van der Waals surface area contributed by atoms with E-state index >= 15 is 0 Å². The highest BCUT2D eigenvalue weighted by molar-refractivity contribution is 6.09. The van der Waals surface area contributed by atoms with E-state index in [1.165, 1.54) is 18.2 Å². The van der Waals surface area contributed by atoms with E-state index in [1.807, 2.05) is 25.1 Å². The van der Waals surface area contributed by atoms with E-state index < -0.39 is 5.91 Å². The Morgan fingerprint density at radius 2 is 1.91 bits per heavy atom. The summed E-state index contributed by atoms with van der Waals surface area (Å²) in [5.41, 5.74) is 2.84. The topological polar surface area (TPSA) is 71.3 Å². The number of hydrogen-bond donors (Lipinski definition) is 1. The summed E-state index contributed by atoms with van der Waals surface area (Å²) in [5, 5.41) is 12.2. The van der Waals surface area contributed by atoms with E-state index in [1.54, 1.807) is 49.6 Å². The smallest absolute Gasteiger partial charge is 0.266 e. The lowest BCUT2D eigenvalue weighted by molar-refractivity contribution is -0.112. The summed E-state index contributed by atoms with van der Waals surface area (Å²) >= 11 is 0. The van der Waals surface area contributed by atoms with Crippen molar-refractivity contribution in [1.29, 1.82) is 5.26 Å². The number of carbonyl (C=O) groups excluding carboxylic acids is 1. The van der Waals surface area contributed by atoms with Gasteiger partial charge in [-0.25, -0.2) is 4.39 Å². The van der Waals surface area contributed by atoms with Crippen LogP contribution in [0.1, 0.15) is 23.6 Å². The van der Waals surface area contributed by atoms with Gasteiger partial charge in [-0.2, -0.15) is 5.26 Å². The van der Waals surface area contributed by atoms with Crippen molar-refractivity contribution in [3.05, 3.63) is 94.8 Å². The number of methoxy groups -OCH3 is 1. The Bertz CT molecular complexity index is 1160. The van der Waals surface area contributed by atoms with Crippen LogP contribution in [0.3, 0.4) is 0 Å². The summed E-state index contributed by atoms with van der Waals surface area (Å²) in [6.45, 7) is 2.44. The molecule has 1 N–H and O–H groups in total. The second-order valence-corrected chi connectivity index (χ2v) is 6.96. The van der Waals surface area contributed by atoms with Crippen molar-refractivity contribution >= 4 is 17.7 Å². The third-order valence-corrected chi connectivity index (χ3v) is 4.69. The first-order valence-electron chi connectivity index (χ1n) is 10.1. The number of nitriles is 1. The Hall–Kier alpha value is -4.11. The maximum atomic E-state index is 13.5. The fourth-order valence-corrected chi connectivity index (χ4v) is 3.18. The summed E-state index contributed by atoms with van der Waals surface area (Å²) in [4.78, 5) is 12.6. The van der Waals surface area contributed by atoms with Gasteiger partial charge in [-0.05, 0) is 72.2 Å². The van der Waals surface area contributed by atoms with E-state index in [0.29, 0.717) is 35.8 Å². The monoisotopic (exact) mass is 430 g/mol. The number of benzene rings is 3. The minimum Gasteiger partial charge on any atom is -0.496 e. The molecular weight excluding hydrogens is 407 g/mol. The Balaban J connectivity index is 1.77. The predicted molar refractivity (Wildman–Crippen MR) is 122 cm³/mol. The second kappa shape index (κ2) is 10.8. The first kappa shape index (κ1) is 22.6. The van der Waals surface area contributed by atoms with Crippen LogP contribution in [-0.4, -0.2) is 19.6 Å². The van der Waals surface area contributed by atoms with E-state index in [2.05, 4.69) is 5.32 Å². The molecule has 162 valence electrons. The van der Waals surface area contributed by atoms with Gasteiger partial charge in [0.05, 0.1) is 13.7 Å². The number of carbonyl (C=O) groups is 1. The van der Waals surface area contributed by atoms with Gasteiger partial charge in [0.1, 0.15) is 29.0 Å². The van der Waals surface area contributed by atoms with Crippen molar-refractivity contribution in [2.24, 2.45) is 0 Å². The zero-order chi connectivity index (χ0) is 22.9. The largest absolute Gasteiger partial charge is 0.496 e. The fraction of sp³-hybridized carbons (Fsp3) is 0.154. The highest BCUT2D eigenvalue weighted by Gasteiger charge is 2.11. The molecule has 0 atom stereocenters. The number of nitrogens with zero attached hydrogens (tertiary/aromatic N) is 1. The SMILES string of the molecule is CCOc1ccc(NC(=O)/C(C#N)=C/c2ccc(Cc3cccc(F)c3)c(OC)c2)cc1. The maximum Gasteiger partial charge on any atom is 0.266 e. The van der Waals surface area contributed by atoms with E-state index in [0.717, 1.165) is 11.1 Å². The van der Waals surface area contributed by atoms with Crippen LogP contribution in [0.4, 0.5) is 10.1 Å². The van der Waals surface area contributed by atoms with Crippen LogP contribution in [0, 0.1) is 17.1 Å². The van der Waals surface area contributed by atoms with Crippen LogP contribution in [-0.2, 0) is 11.2 Å². The molecule has 0 aliphatic carbocycles. The van der Waals surface area contributed by atoms with Gasteiger partial charge in [-0.1, -0.05) is 24.3 Å². The molecule has 0 unspecified atom stereocenters. The van der Waals surface area contributed by atoms with Gasteiger partial charge in [0.2, 0.25) is 0 Å². The zero-order valence-corrected chi connectivity index (χ0v) is 17.9. The molecule has 0 aromatic heterocycles. The lowest BCUT2D eigenvalue weighted by Crippen LogP contribution is -2.13. The molecule has 1 amide bonds. The highest BCUT2D eigenvalue weighted by Crippen LogP contribution is 2.25. The minimum absolute atomic E-state index is 0.0428. The Labute approximate surface area is 186 Å². The molecule has 0 fully saturated rings.